The minimum absolute atomic E-state index is 0.103. The zero-order valence-electron chi connectivity index (χ0n) is 9.11. The average Bonchev–Trinajstić information content (AvgIpc) is 2.26. The summed E-state index contributed by atoms with van der Waals surface area (Å²) in [5, 5.41) is 8.39. The molecule has 0 unspecified atom stereocenters. The van der Waals surface area contributed by atoms with Crippen LogP contribution < -0.4 is 0 Å². The first-order valence-electron chi connectivity index (χ1n) is 4.98. The van der Waals surface area contributed by atoms with Crippen molar-refractivity contribution in [3.8, 4) is 6.07 Å². The lowest BCUT2D eigenvalue weighted by atomic mass is 10.1. The van der Waals surface area contributed by atoms with Crippen LogP contribution in [0.25, 0.3) is 0 Å². The summed E-state index contributed by atoms with van der Waals surface area (Å²) in [7, 11) is 1.73. The van der Waals surface area contributed by atoms with Crippen LogP contribution in [0.15, 0.2) is 24.3 Å². The molecule has 0 bridgehead atoms. The molecule has 3 nitrogen and oxygen atoms in total. The Bertz CT molecular complexity index is 412. The number of carbonyl (C=O) groups is 1. The number of benzene rings is 1. The molecule has 0 aliphatic heterocycles. The van der Waals surface area contributed by atoms with E-state index in [0.29, 0.717) is 13.0 Å². The molecule has 0 heterocycles. The molecular formula is C12H13FN2O. The van der Waals surface area contributed by atoms with Gasteiger partial charge in [-0.05, 0) is 19.2 Å². The molecule has 0 aliphatic rings. The lowest BCUT2D eigenvalue weighted by Gasteiger charge is -2.13. The van der Waals surface area contributed by atoms with Crippen molar-refractivity contribution in [1.82, 2.24) is 4.90 Å². The Morgan fingerprint density at radius 1 is 1.50 bits per heavy atom. The average molecular weight is 220 g/mol. The lowest BCUT2D eigenvalue weighted by Crippen LogP contribution is -2.27. The maximum absolute atomic E-state index is 13.3. The lowest BCUT2D eigenvalue weighted by molar-refractivity contribution is 0.0943. The normalized spacial score (nSPS) is 10.1. The van der Waals surface area contributed by atoms with Crippen LogP contribution in [0.3, 0.4) is 0 Å². The second-order valence-electron chi connectivity index (χ2n) is 3.55. The van der Waals surface area contributed by atoms with Crippen molar-refractivity contribution < 1.29 is 9.18 Å². The van der Waals surface area contributed by atoms with Gasteiger partial charge in [0.05, 0.1) is 18.2 Å². The van der Waals surface area contributed by atoms with Gasteiger partial charge in [0.15, 0.2) is 5.78 Å². The number of hydrogen-bond acceptors (Lipinski definition) is 3. The molecule has 0 amide bonds. The summed E-state index contributed by atoms with van der Waals surface area (Å²) in [4.78, 5) is 13.4. The summed E-state index contributed by atoms with van der Waals surface area (Å²) in [5.74, 6) is -0.764. The van der Waals surface area contributed by atoms with Crippen LogP contribution in [-0.2, 0) is 0 Å². The Balaban J connectivity index is 2.60. The van der Waals surface area contributed by atoms with Gasteiger partial charge in [0.1, 0.15) is 5.82 Å². The molecule has 1 aromatic carbocycles. The SMILES string of the molecule is CN(CCC#N)CC(=O)c1ccccc1F. The van der Waals surface area contributed by atoms with Gasteiger partial charge in [0.25, 0.3) is 0 Å². The molecule has 0 spiro atoms. The summed E-state index contributed by atoms with van der Waals surface area (Å²) in [6, 6.07) is 7.91. The number of carbonyl (C=O) groups excluding carboxylic acids is 1. The van der Waals surface area contributed by atoms with Crippen LogP contribution in [0.2, 0.25) is 0 Å². The maximum atomic E-state index is 13.3. The summed E-state index contributed by atoms with van der Waals surface area (Å²) in [6.45, 7) is 0.638. The van der Waals surface area contributed by atoms with Gasteiger partial charge in [0, 0.05) is 13.0 Å². The van der Waals surface area contributed by atoms with E-state index in [1.165, 1.54) is 12.1 Å². The quantitative estimate of drug-likeness (QED) is 0.711. The van der Waals surface area contributed by atoms with Crippen molar-refractivity contribution in [2.45, 2.75) is 6.42 Å². The number of nitriles is 1. The van der Waals surface area contributed by atoms with E-state index in [1.807, 2.05) is 6.07 Å². The minimum Gasteiger partial charge on any atom is -0.298 e. The van der Waals surface area contributed by atoms with Crippen LogP contribution in [0.4, 0.5) is 4.39 Å². The molecule has 0 aliphatic carbocycles. The third-order valence-corrected chi connectivity index (χ3v) is 2.19. The predicted octanol–water partition coefficient (Wildman–Crippen LogP) is 1.85. The highest BCUT2D eigenvalue weighted by Gasteiger charge is 2.12. The van der Waals surface area contributed by atoms with Gasteiger partial charge in [-0.3, -0.25) is 9.69 Å². The van der Waals surface area contributed by atoms with Crippen LogP contribution in [-0.4, -0.2) is 30.8 Å². The smallest absolute Gasteiger partial charge is 0.179 e. The highest BCUT2D eigenvalue weighted by Crippen LogP contribution is 2.07. The molecule has 0 fully saturated rings. The third-order valence-electron chi connectivity index (χ3n) is 2.19. The number of likely N-dealkylation sites (N-methyl/N-ethyl adjacent to an activating group) is 1. The molecule has 1 aromatic rings. The Morgan fingerprint density at radius 2 is 2.19 bits per heavy atom. The van der Waals surface area contributed by atoms with E-state index >= 15 is 0 Å². The number of rotatable bonds is 5. The summed E-state index contributed by atoms with van der Waals surface area (Å²) >= 11 is 0. The van der Waals surface area contributed by atoms with Crippen molar-refractivity contribution in [3.05, 3.63) is 35.6 Å². The molecule has 0 aromatic heterocycles. The largest absolute Gasteiger partial charge is 0.298 e. The van der Waals surface area contributed by atoms with Crippen molar-refractivity contribution in [2.75, 3.05) is 20.1 Å². The maximum Gasteiger partial charge on any atom is 0.179 e. The number of ketones is 1. The third kappa shape index (κ3) is 3.44. The number of Topliss-reactive ketones (excluding diaryl/α,β-unsaturated/α-hetero) is 1. The van der Waals surface area contributed by atoms with Crippen molar-refractivity contribution in [3.63, 3.8) is 0 Å². The first-order chi connectivity index (χ1) is 7.65. The molecule has 0 saturated carbocycles. The van der Waals surface area contributed by atoms with Gasteiger partial charge in [-0.2, -0.15) is 5.26 Å². The van der Waals surface area contributed by atoms with Crippen molar-refractivity contribution >= 4 is 5.78 Å². The van der Waals surface area contributed by atoms with Gasteiger partial charge < -0.3 is 0 Å². The summed E-state index contributed by atoms with van der Waals surface area (Å²) < 4.78 is 13.3. The van der Waals surface area contributed by atoms with Crippen LogP contribution >= 0.6 is 0 Å². The molecule has 1 rings (SSSR count). The number of nitrogens with zero attached hydrogens (tertiary/aromatic N) is 2. The number of hydrogen-bond donors (Lipinski definition) is 0. The van der Waals surface area contributed by atoms with Gasteiger partial charge in [-0.1, -0.05) is 12.1 Å². The second kappa shape index (κ2) is 5.99. The van der Waals surface area contributed by atoms with Crippen molar-refractivity contribution in [2.24, 2.45) is 0 Å². The Hall–Kier alpha value is -1.73. The monoisotopic (exact) mass is 220 g/mol. The van der Waals surface area contributed by atoms with Gasteiger partial charge >= 0.3 is 0 Å². The second-order valence-corrected chi connectivity index (χ2v) is 3.55. The highest BCUT2D eigenvalue weighted by atomic mass is 19.1. The molecule has 16 heavy (non-hydrogen) atoms. The molecule has 0 atom stereocenters. The van der Waals surface area contributed by atoms with Crippen LogP contribution in [0.5, 0.6) is 0 Å². The molecule has 0 saturated heterocycles. The van der Waals surface area contributed by atoms with E-state index in [0.717, 1.165) is 0 Å². The van der Waals surface area contributed by atoms with Gasteiger partial charge in [0.2, 0.25) is 0 Å². The van der Waals surface area contributed by atoms with E-state index in [2.05, 4.69) is 0 Å². The van der Waals surface area contributed by atoms with Crippen LogP contribution in [0.1, 0.15) is 16.8 Å². The fourth-order valence-corrected chi connectivity index (χ4v) is 1.34. The Labute approximate surface area is 94.1 Å². The van der Waals surface area contributed by atoms with E-state index in [-0.39, 0.29) is 17.9 Å². The van der Waals surface area contributed by atoms with Crippen LogP contribution in [0, 0.1) is 17.1 Å². The van der Waals surface area contributed by atoms with E-state index in [4.69, 9.17) is 5.26 Å². The van der Waals surface area contributed by atoms with Crippen molar-refractivity contribution in [1.29, 1.82) is 5.26 Å². The first kappa shape index (κ1) is 12.3. The standard InChI is InChI=1S/C12H13FN2O/c1-15(8-4-7-14)9-12(16)10-5-2-3-6-11(10)13/h2-3,5-6H,4,8-9H2,1H3. The topological polar surface area (TPSA) is 44.1 Å². The predicted molar refractivity (Wildman–Crippen MR) is 58.5 cm³/mol. The molecule has 0 radical (unpaired) electrons. The fourth-order valence-electron chi connectivity index (χ4n) is 1.34. The Morgan fingerprint density at radius 3 is 2.81 bits per heavy atom. The van der Waals surface area contributed by atoms with Gasteiger partial charge in [-0.15, -0.1) is 0 Å². The minimum atomic E-state index is -0.499. The molecule has 4 heteroatoms. The molecular weight excluding hydrogens is 207 g/mol. The highest BCUT2D eigenvalue weighted by molar-refractivity contribution is 5.97. The zero-order chi connectivity index (χ0) is 12.0. The zero-order valence-corrected chi connectivity index (χ0v) is 9.11. The Kier molecular flexibility index (Phi) is 4.62. The molecule has 0 N–H and O–H groups in total. The summed E-state index contributed by atoms with van der Waals surface area (Å²) in [6.07, 6.45) is 0.362. The fraction of sp³-hybridized carbons (Fsp3) is 0.333. The van der Waals surface area contributed by atoms with E-state index in [9.17, 15) is 9.18 Å². The first-order valence-corrected chi connectivity index (χ1v) is 4.98. The van der Waals surface area contributed by atoms with E-state index < -0.39 is 5.82 Å². The number of halogens is 1. The van der Waals surface area contributed by atoms with Gasteiger partial charge in [-0.25, -0.2) is 4.39 Å². The summed E-state index contributed by atoms with van der Waals surface area (Å²) in [5.41, 5.74) is 0.103. The van der Waals surface area contributed by atoms with E-state index in [1.54, 1.807) is 24.1 Å². The molecule has 84 valence electrons.